The van der Waals surface area contributed by atoms with Gasteiger partial charge in [0.1, 0.15) is 13.2 Å². The van der Waals surface area contributed by atoms with E-state index in [0.29, 0.717) is 10.8 Å². The van der Waals surface area contributed by atoms with Gasteiger partial charge in [-0.2, -0.15) is 13.2 Å². The van der Waals surface area contributed by atoms with E-state index in [1.54, 1.807) is 29.6 Å². The van der Waals surface area contributed by atoms with Gasteiger partial charge in [0.25, 0.3) is 5.91 Å². The van der Waals surface area contributed by atoms with Crippen LogP contribution in [-0.4, -0.2) is 37.8 Å². The van der Waals surface area contributed by atoms with E-state index in [2.05, 4.69) is 0 Å². The minimum atomic E-state index is -4.56. The summed E-state index contributed by atoms with van der Waals surface area (Å²) < 4.78 is 52.3. The lowest BCUT2D eigenvalue weighted by Crippen LogP contribution is -2.40. The van der Waals surface area contributed by atoms with Crippen molar-refractivity contribution in [1.29, 1.82) is 0 Å². The molecule has 2 aromatic carbocycles. The molecule has 0 aliphatic rings. The predicted octanol–water partition coefficient (Wildman–Crippen LogP) is 4.15. The van der Waals surface area contributed by atoms with Gasteiger partial charge in [0.15, 0.2) is 17.6 Å². The van der Waals surface area contributed by atoms with Crippen molar-refractivity contribution in [2.75, 3.05) is 13.7 Å². The van der Waals surface area contributed by atoms with Crippen molar-refractivity contribution < 1.29 is 37.0 Å². The molecule has 1 atom stereocenters. The highest BCUT2D eigenvalue weighted by atomic mass is 35.5. The summed E-state index contributed by atoms with van der Waals surface area (Å²) in [4.78, 5) is 23.9. The zero-order chi connectivity index (χ0) is 22.3. The minimum Gasteiger partial charge on any atom is -0.493 e. The molecule has 1 unspecified atom stereocenters. The molecular formula is C20H19ClF3NO5. The molecule has 0 bridgehead atoms. The number of esters is 1. The van der Waals surface area contributed by atoms with Crippen molar-refractivity contribution in [2.45, 2.75) is 25.8 Å². The van der Waals surface area contributed by atoms with Crippen LogP contribution in [0.4, 0.5) is 13.2 Å². The Balaban J connectivity index is 1.99. The number of ether oxygens (including phenoxy) is 3. The first-order valence-electron chi connectivity index (χ1n) is 8.70. The molecule has 2 rings (SSSR count). The van der Waals surface area contributed by atoms with Gasteiger partial charge in [-0.05, 0) is 42.8 Å². The Morgan fingerprint density at radius 1 is 1.10 bits per heavy atom. The van der Waals surface area contributed by atoms with E-state index in [4.69, 9.17) is 25.8 Å². The van der Waals surface area contributed by atoms with Crippen LogP contribution >= 0.6 is 11.6 Å². The molecule has 1 amide bonds. The molecule has 0 fully saturated rings. The first-order valence-corrected chi connectivity index (χ1v) is 9.07. The molecule has 162 valence electrons. The van der Waals surface area contributed by atoms with Crippen LogP contribution in [0, 0.1) is 0 Å². The second kappa shape index (κ2) is 10.2. The van der Waals surface area contributed by atoms with E-state index in [-0.39, 0.29) is 17.9 Å². The summed E-state index contributed by atoms with van der Waals surface area (Å²) >= 11 is 5.84. The summed E-state index contributed by atoms with van der Waals surface area (Å²) in [6, 6.07) is 11.3. The lowest BCUT2D eigenvalue weighted by atomic mass is 10.2. The van der Waals surface area contributed by atoms with E-state index < -0.39 is 30.7 Å². The highest BCUT2D eigenvalue weighted by Gasteiger charge is 2.29. The number of hydrogen-bond donors (Lipinski definition) is 1. The maximum atomic E-state index is 12.2. The largest absolute Gasteiger partial charge is 0.493 e. The molecule has 0 spiro atoms. The molecule has 0 aliphatic heterocycles. The molecule has 30 heavy (non-hydrogen) atoms. The number of alkyl halides is 3. The molecule has 0 radical (unpaired) electrons. The predicted molar refractivity (Wildman–Crippen MR) is 103 cm³/mol. The number of halogens is 4. The molecule has 0 aromatic heterocycles. The lowest BCUT2D eigenvalue weighted by Gasteiger charge is -2.15. The average molecular weight is 446 g/mol. The van der Waals surface area contributed by atoms with Crippen molar-refractivity contribution in [3.8, 4) is 11.5 Å². The van der Waals surface area contributed by atoms with Gasteiger partial charge in [-0.25, -0.2) is 4.79 Å². The maximum absolute atomic E-state index is 12.2. The number of nitrogens with one attached hydrogen (secondary N) is 1. The highest BCUT2D eigenvalue weighted by Crippen LogP contribution is 2.29. The molecule has 6 nitrogen and oxygen atoms in total. The average Bonchev–Trinajstić information content (AvgIpc) is 2.70. The minimum absolute atomic E-state index is 0.0427. The zero-order valence-electron chi connectivity index (χ0n) is 16.1. The Morgan fingerprint density at radius 2 is 1.77 bits per heavy atom. The summed E-state index contributed by atoms with van der Waals surface area (Å²) in [6.45, 7) is -0.112. The smallest absolute Gasteiger partial charge is 0.405 e. The van der Waals surface area contributed by atoms with Gasteiger partial charge in [-0.3, -0.25) is 4.79 Å². The highest BCUT2D eigenvalue weighted by molar-refractivity contribution is 6.30. The van der Waals surface area contributed by atoms with Gasteiger partial charge in [0, 0.05) is 5.02 Å². The first kappa shape index (κ1) is 23.3. The van der Waals surface area contributed by atoms with E-state index in [1.165, 1.54) is 32.2 Å². The van der Waals surface area contributed by atoms with Crippen molar-refractivity contribution in [1.82, 2.24) is 5.32 Å². The molecule has 10 heteroatoms. The molecule has 0 aliphatic carbocycles. The number of carbonyl (C=O) groups excluding carboxylic acids is 2. The van der Waals surface area contributed by atoms with Gasteiger partial charge < -0.3 is 19.5 Å². The fourth-order valence-electron chi connectivity index (χ4n) is 2.27. The fraction of sp³-hybridized carbons (Fsp3) is 0.300. The van der Waals surface area contributed by atoms with Crippen LogP contribution in [0.3, 0.4) is 0 Å². The van der Waals surface area contributed by atoms with Crippen LogP contribution in [0.25, 0.3) is 0 Å². The maximum Gasteiger partial charge on any atom is 0.405 e. The number of methoxy groups -OCH3 is 1. The fourth-order valence-corrected chi connectivity index (χ4v) is 2.39. The van der Waals surface area contributed by atoms with Crippen LogP contribution < -0.4 is 14.8 Å². The van der Waals surface area contributed by atoms with Crippen LogP contribution in [0.15, 0.2) is 42.5 Å². The molecular weight excluding hydrogens is 427 g/mol. The Morgan fingerprint density at radius 3 is 2.37 bits per heavy atom. The van der Waals surface area contributed by atoms with Gasteiger partial charge in [-0.1, -0.05) is 23.7 Å². The van der Waals surface area contributed by atoms with Crippen molar-refractivity contribution >= 4 is 23.5 Å². The van der Waals surface area contributed by atoms with Crippen LogP contribution in [0.5, 0.6) is 11.5 Å². The number of amides is 1. The SMILES string of the molecule is COc1cc(C(=O)OC(C)C(=O)NCC(F)(F)F)ccc1OCc1ccc(Cl)cc1. The number of hydrogen-bond acceptors (Lipinski definition) is 5. The molecule has 0 heterocycles. The summed E-state index contributed by atoms with van der Waals surface area (Å²) in [7, 11) is 1.38. The van der Waals surface area contributed by atoms with Crippen molar-refractivity contribution in [3.05, 3.63) is 58.6 Å². The van der Waals surface area contributed by atoms with Gasteiger partial charge in [-0.15, -0.1) is 0 Å². The Bertz CT molecular complexity index is 887. The van der Waals surface area contributed by atoms with Gasteiger partial charge in [0.05, 0.1) is 12.7 Å². The van der Waals surface area contributed by atoms with E-state index in [0.717, 1.165) is 5.56 Å². The first-order chi connectivity index (χ1) is 14.1. The lowest BCUT2D eigenvalue weighted by molar-refractivity contribution is -0.143. The molecule has 1 N–H and O–H groups in total. The van der Waals surface area contributed by atoms with E-state index in [1.807, 2.05) is 0 Å². The summed E-state index contributed by atoms with van der Waals surface area (Å²) in [6.07, 6.45) is -5.97. The van der Waals surface area contributed by atoms with Crippen LogP contribution in [-0.2, 0) is 16.1 Å². The van der Waals surface area contributed by atoms with E-state index in [9.17, 15) is 22.8 Å². The number of carbonyl (C=O) groups is 2. The Labute approximate surface area is 175 Å². The molecule has 2 aromatic rings. The molecule has 0 saturated carbocycles. The quantitative estimate of drug-likeness (QED) is 0.618. The third-order valence-corrected chi connectivity index (χ3v) is 4.08. The van der Waals surface area contributed by atoms with Crippen molar-refractivity contribution in [3.63, 3.8) is 0 Å². The van der Waals surface area contributed by atoms with Gasteiger partial charge >= 0.3 is 12.1 Å². The normalized spacial score (nSPS) is 12.1. The van der Waals surface area contributed by atoms with Crippen molar-refractivity contribution in [2.24, 2.45) is 0 Å². The Hall–Kier alpha value is -2.94. The van der Waals surface area contributed by atoms with Crippen LogP contribution in [0.1, 0.15) is 22.8 Å². The summed E-state index contributed by atoms with van der Waals surface area (Å²) in [5.74, 6) is -1.35. The topological polar surface area (TPSA) is 73.9 Å². The third kappa shape index (κ3) is 7.14. The number of benzene rings is 2. The van der Waals surface area contributed by atoms with Gasteiger partial charge in [0.2, 0.25) is 0 Å². The summed E-state index contributed by atoms with van der Waals surface area (Å²) in [5, 5.41) is 2.25. The van der Waals surface area contributed by atoms with Crippen LogP contribution in [0.2, 0.25) is 5.02 Å². The second-order valence-corrected chi connectivity index (χ2v) is 6.60. The monoisotopic (exact) mass is 445 g/mol. The number of rotatable bonds is 8. The summed E-state index contributed by atoms with van der Waals surface area (Å²) in [5.41, 5.74) is 0.907. The third-order valence-electron chi connectivity index (χ3n) is 3.82. The second-order valence-electron chi connectivity index (χ2n) is 6.16. The Kier molecular flexibility index (Phi) is 7.93. The zero-order valence-corrected chi connectivity index (χ0v) is 16.8. The standard InChI is InChI=1S/C20H19ClF3NO5/c1-12(18(26)25-11-20(22,23)24)30-19(27)14-5-8-16(17(9-14)28-2)29-10-13-3-6-15(21)7-4-13/h3-9,12H,10-11H2,1-2H3,(H,25,26). The van der Waals surface area contributed by atoms with E-state index >= 15 is 0 Å². The molecule has 0 saturated heterocycles.